The molecule has 0 bridgehead atoms. The zero-order chi connectivity index (χ0) is 19.5. The van der Waals surface area contributed by atoms with Crippen LogP contribution in [-0.4, -0.2) is 26.3 Å². The average molecular weight is 392 g/mol. The van der Waals surface area contributed by atoms with Crippen molar-refractivity contribution >= 4 is 28.6 Å². The first-order chi connectivity index (χ1) is 13.6. The van der Waals surface area contributed by atoms with Crippen molar-refractivity contribution in [3.63, 3.8) is 0 Å². The van der Waals surface area contributed by atoms with Crippen molar-refractivity contribution in [2.24, 2.45) is 0 Å². The molecule has 0 aliphatic heterocycles. The Morgan fingerprint density at radius 1 is 1.07 bits per heavy atom. The molecule has 0 saturated carbocycles. The van der Waals surface area contributed by atoms with E-state index in [-0.39, 0.29) is 17.2 Å². The van der Waals surface area contributed by atoms with Crippen LogP contribution in [0, 0.1) is 0 Å². The molecule has 4 aromatic rings. The molecule has 2 N–H and O–H groups in total. The van der Waals surface area contributed by atoms with Crippen molar-refractivity contribution in [1.82, 2.24) is 20.5 Å². The van der Waals surface area contributed by atoms with Crippen LogP contribution >= 0.6 is 11.8 Å². The number of H-pyrrole nitrogens is 1. The number of carbonyl (C=O) groups excluding carboxylic acids is 1. The minimum Gasteiger partial charge on any atom is -0.411 e. The lowest BCUT2D eigenvalue weighted by molar-refractivity contribution is -0.120. The van der Waals surface area contributed by atoms with Gasteiger partial charge in [0.25, 0.3) is 11.1 Å². The zero-order valence-corrected chi connectivity index (χ0v) is 16.4. The summed E-state index contributed by atoms with van der Waals surface area (Å²) < 4.78 is 5.79. The third-order valence-corrected chi connectivity index (χ3v) is 5.47. The zero-order valence-electron chi connectivity index (χ0n) is 15.5. The van der Waals surface area contributed by atoms with E-state index in [2.05, 4.69) is 20.5 Å². The molecular formula is C21H20N4O2S. The third kappa shape index (κ3) is 3.80. The summed E-state index contributed by atoms with van der Waals surface area (Å²) in [4.78, 5) is 15.7. The van der Waals surface area contributed by atoms with Gasteiger partial charge >= 0.3 is 0 Å². The van der Waals surface area contributed by atoms with E-state index >= 15 is 0 Å². The standard InChI is InChI=1S/C21H20N4O2S/c1-13(15-8-4-3-5-9-15)23-19(26)14(2)28-21-25-24-20(27-21)17-12-22-18-11-7-6-10-16(17)18/h3-14,22H,1-2H3,(H,23,26). The van der Waals surface area contributed by atoms with Gasteiger partial charge in [0.2, 0.25) is 5.91 Å². The van der Waals surface area contributed by atoms with Crippen LogP contribution in [0.4, 0.5) is 0 Å². The topological polar surface area (TPSA) is 83.8 Å². The number of amides is 1. The Morgan fingerprint density at radius 2 is 1.82 bits per heavy atom. The highest BCUT2D eigenvalue weighted by molar-refractivity contribution is 8.00. The summed E-state index contributed by atoms with van der Waals surface area (Å²) in [6.07, 6.45) is 1.85. The number of hydrogen-bond donors (Lipinski definition) is 2. The largest absolute Gasteiger partial charge is 0.411 e. The number of carbonyl (C=O) groups is 1. The molecule has 2 unspecified atom stereocenters. The van der Waals surface area contributed by atoms with Gasteiger partial charge in [-0.2, -0.15) is 0 Å². The Balaban J connectivity index is 1.42. The van der Waals surface area contributed by atoms with E-state index in [1.807, 2.05) is 74.6 Å². The molecule has 7 heteroatoms. The molecule has 0 saturated heterocycles. The molecule has 0 spiro atoms. The molecule has 2 aromatic carbocycles. The van der Waals surface area contributed by atoms with Gasteiger partial charge in [0.05, 0.1) is 16.9 Å². The number of aromatic amines is 1. The van der Waals surface area contributed by atoms with Crippen molar-refractivity contribution < 1.29 is 9.21 Å². The highest BCUT2D eigenvalue weighted by atomic mass is 32.2. The minimum atomic E-state index is -0.359. The van der Waals surface area contributed by atoms with Gasteiger partial charge in [-0.15, -0.1) is 10.2 Å². The van der Waals surface area contributed by atoms with Crippen LogP contribution in [-0.2, 0) is 4.79 Å². The molecule has 0 fully saturated rings. The second-order valence-corrected chi connectivity index (χ2v) is 7.81. The summed E-state index contributed by atoms with van der Waals surface area (Å²) >= 11 is 1.25. The maximum atomic E-state index is 12.5. The highest BCUT2D eigenvalue weighted by Crippen LogP contribution is 2.30. The average Bonchev–Trinajstić information content (AvgIpc) is 3.35. The second-order valence-electron chi connectivity index (χ2n) is 6.52. The van der Waals surface area contributed by atoms with E-state index in [1.54, 1.807) is 0 Å². The molecule has 2 atom stereocenters. The number of para-hydroxylation sites is 1. The monoisotopic (exact) mass is 392 g/mol. The van der Waals surface area contributed by atoms with Crippen LogP contribution < -0.4 is 5.32 Å². The summed E-state index contributed by atoms with van der Waals surface area (Å²) in [6, 6.07) is 17.7. The number of fused-ring (bicyclic) bond motifs is 1. The SMILES string of the molecule is CC(Sc1nnc(-c2c[nH]c3ccccc23)o1)C(=O)NC(C)c1ccccc1. The minimum absolute atomic E-state index is 0.0683. The van der Waals surface area contributed by atoms with Crippen LogP contribution in [0.25, 0.3) is 22.4 Å². The first kappa shape index (κ1) is 18.3. The van der Waals surface area contributed by atoms with Crippen molar-refractivity contribution in [2.45, 2.75) is 30.4 Å². The predicted octanol–water partition coefficient (Wildman–Crippen LogP) is 4.58. The molecule has 6 nitrogen and oxygen atoms in total. The van der Waals surface area contributed by atoms with E-state index in [0.29, 0.717) is 11.1 Å². The Labute approximate surface area is 166 Å². The molecule has 0 aliphatic rings. The first-order valence-corrected chi connectivity index (χ1v) is 9.92. The van der Waals surface area contributed by atoms with Gasteiger partial charge in [-0.1, -0.05) is 60.3 Å². The van der Waals surface area contributed by atoms with Gasteiger partial charge in [0.1, 0.15) is 0 Å². The molecule has 4 rings (SSSR count). The predicted molar refractivity (Wildman–Crippen MR) is 110 cm³/mol. The fraction of sp³-hybridized carbons (Fsp3) is 0.190. The summed E-state index contributed by atoms with van der Waals surface area (Å²) in [5.74, 6) is 0.360. The Bertz CT molecular complexity index is 1090. The summed E-state index contributed by atoms with van der Waals surface area (Å²) in [7, 11) is 0. The lowest BCUT2D eigenvalue weighted by atomic mass is 10.1. The molecule has 28 heavy (non-hydrogen) atoms. The van der Waals surface area contributed by atoms with Gasteiger partial charge in [0.15, 0.2) is 0 Å². The van der Waals surface area contributed by atoms with Gasteiger partial charge in [-0.3, -0.25) is 4.79 Å². The van der Waals surface area contributed by atoms with E-state index in [4.69, 9.17) is 4.42 Å². The van der Waals surface area contributed by atoms with Crippen LogP contribution in [0.2, 0.25) is 0 Å². The van der Waals surface area contributed by atoms with E-state index in [9.17, 15) is 4.79 Å². The lowest BCUT2D eigenvalue weighted by Gasteiger charge is -2.16. The Morgan fingerprint density at radius 3 is 2.64 bits per heavy atom. The van der Waals surface area contributed by atoms with Gasteiger partial charge in [-0.05, 0) is 25.5 Å². The normalized spacial score (nSPS) is 13.4. The Kier molecular flexibility index (Phi) is 5.16. The number of benzene rings is 2. The molecule has 0 radical (unpaired) electrons. The maximum absolute atomic E-state index is 12.5. The number of aromatic nitrogens is 3. The number of nitrogens with zero attached hydrogens (tertiary/aromatic N) is 2. The van der Waals surface area contributed by atoms with E-state index in [0.717, 1.165) is 22.0 Å². The van der Waals surface area contributed by atoms with Gasteiger partial charge < -0.3 is 14.7 Å². The number of thioether (sulfide) groups is 1. The molecule has 2 heterocycles. The third-order valence-electron chi connectivity index (χ3n) is 4.53. The van der Waals surface area contributed by atoms with Crippen LogP contribution in [0.1, 0.15) is 25.5 Å². The fourth-order valence-corrected chi connectivity index (χ4v) is 3.67. The van der Waals surface area contributed by atoms with Crippen molar-refractivity contribution in [3.8, 4) is 11.5 Å². The summed E-state index contributed by atoms with van der Waals surface area (Å²) in [6.45, 7) is 3.79. The van der Waals surface area contributed by atoms with E-state index in [1.165, 1.54) is 11.8 Å². The molecular weight excluding hydrogens is 372 g/mol. The summed E-state index contributed by atoms with van der Waals surface area (Å²) in [5, 5.41) is 12.3. The quantitative estimate of drug-likeness (QED) is 0.469. The van der Waals surface area contributed by atoms with E-state index < -0.39 is 0 Å². The molecule has 0 aliphatic carbocycles. The first-order valence-electron chi connectivity index (χ1n) is 9.04. The maximum Gasteiger partial charge on any atom is 0.277 e. The second kappa shape index (κ2) is 7.90. The fourth-order valence-electron chi connectivity index (χ4n) is 2.98. The smallest absolute Gasteiger partial charge is 0.277 e. The van der Waals surface area contributed by atoms with Crippen LogP contribution in [0.5, 0.6) is 0 Å². The number of hydrogen-bond acceptors (Lipinski definition) is 5. The summed E-state index contributed by atoms with van der Waals surface area (Å²) in [5.41, 5.74) is 2.92. The van der Waals surface area contributed by atoms with Crippen LogP contribution in [0.15, 0.2) is 70.4 Å². The number of nitrogens with one attached hydrogen (secondary N) is 2. The lowest BCUT2D eigenvalue weighted by Crippen LogP contribution is -2.33. The number of rotatable bonds is 6. The van der Waals surface area contributed by atoms with Crippen molar-refractivity contribution in [1.29, 1.82) is 0 Å². The van der Waals surface area contributed by atoms with Gasteiger partial charge in [0, 0.05) is 17.1 Å². The van der Waals surface area contributed by atoms with Crippen molar-refractivity contribution in [3.05, 3.63) is 66.4 Å². The van der Waals surface area contributed by atoms with Crippen molar-refractivity contribution in [2.75, 3.05) is 0 Å². The molecule has 142 valence electrons. The Hall–Kier alpha value is -3.06. The van der Waals surface area contributed by atoms with Gasteiger partial charge in [-0.25, -0.2) is 0 Å². The molecule has 2 aromatic heterocycles. The highest BCUT2D eigenvalue weighted by Gasteiger charge is 2.21. The van der Waals surface area contributed by atoms with Crippen LogP contribution in [0.3, 0.4) is 0 Å². The molecule has 1 amide bonds.